The molecule has 3 N–H and O–H groups in total. The summed E-state index contributed by atoms with van der Waals surface area (Å²) in [6, 6.07) is 2.85. The summed E-state index contributed by atoms with van der Waals surface area (Å²) in [5.41, 5.74) is -1.16. The number of fused-ring (bicyclic) bond motifs is 1. The van der Waals surface area contributed by atoms with E-state index >= 15 is 0 Å². The molecule has 4 amide bonds. The Bertz CT molecular complexity index is 1870. The van der Waals surface area contributed by atoms with Crippen molar-refractivity contribution in [3.8, 4) is 0 Å². The molecular weight excluding hydrogens is 737 g/mol. The van der Waals surface area contributed by atoms with E-state index in [1.54, 1.807) is 26.0 Å². The van der Waals surface area contributed by atoms with E-state index < -0.39 is 86.5 Å². The van der Waals surface area contributed by atoms with E-state index in [0.717, 1.165) is 21.4 Å². The molecule has 13 nitrogen and oxygen atoms in total. The van der Waals surface area contributed by atoms with E-state index in [4.69, 9.17) is 16.3 Å². The minimum absolute atomic E-state index is 0.0627. The van der Waals surface area contributed by atoms with Gasteiger partial charge in [-0.3, -0.25) is 24.0 Å². The quantitative estimate of drug-likeness (QED) is 0.286. The summed E-state index contributed by atoms with van der Waals surface area (Å²) in [6.07, 6.45) is -4.27. The van der Waals surface area contributed by atoms with Gasteiger partial charge in [0.1, 0.15) is 23.7 Å². The fraction of sp³-hybridized carbons (Fsp3) is 0.531. The number of ether oxygens (including phenoxy) is 1. The second kappa shape index (κ2) is 13.6. The molecule has 51 heavy (non-hydrogen) atoms. The van der Waals surface area contributed by atoms with Crippen molar-refractivity contribution >= 4 is 61.9 Å². The molecule has 1 unspecified atom stereocenters. The number of carbonyl (C=O) groups is 4. The Morgan fingerprint density at radius 3 is 2.51 bits per heavy atom. The molecule has 5 atom stereocenters. The summed E-state index contributed by atoms with van der Waals surface area (Å²) < 4.78 is 72.8. The molecule has 2 aliphatic carbocycles. The second-order valence-corrected chi connectivity index (χ2v) is 16.8. The first-order chi connectivity index (χ1) is 23.9. The molecule has 19 heteroatoms. The minimum Gasteiger partial charge on any atom is -0.444 e. The number of hydrogen-bond acceptors (Lipinski definition) is 10. The third kappa shape index (κ3) is 7.53. The van der Waals surface area contributed by atoms with Gasteiger partial charge in [-0.1, -0.05) is 43.7 Å². The molecule has 3 fully saturated rings. The van der Waals surface area contributed by atoms with Crippen molar-refractivity contribution in [3.63, 3.8) is 0 Å². The zero-order valence-corrected chi connectivity index (χ0v) is 29.9. The van der Waals surface area contributed by atoms with E-state index in [-0.39, 0.29) is 37.6 Å². The number of aromatic nitrogens is 1. The van der Waals surface area contributed by atoms with Crippen LogP contribution in [0.4, 0.5) is 23.1 Å². The van der Waals surface area contributed by atoms with Crippen LogP contribution in [-0.4, -0.2) is 82.5 Å². The van der Waals surface area contributed by atoms with Gasteiger partial charge in [-0.2, -0.15) is 13.2 Å². The number of nitrogens with one attached hydrogen (secondary N) is 3. The van der Waals surface area contributed by atoms with Crippen molar-refractivity contribution < 1.29 is 45.5 Å². The number of likely N-dealkylation sites (tertiary alicyclic amines) is 1. The molecule has 1 saturated heterocycles. The van der Waals surface area contributed by atoms with Gasteiger partial charge >= 0.3 is 12.3 Å². The van der Waals surface area contributed by atoms with Gasteiger partial charge in [-0.25, -0.2) is 18.2 Å². The lowest BCUT2D eigenvalue weighted by molar-refractivity contribution is -0.140. The Hall–Kier alpha value is -3.90. The highest BCUT2D eigenvalue weighted by Gasteiger charge is 2.62. The van der Waals surface area contributed by atoms with Gasteiger partial charge in [-0.15, -0.1) is 17.9 Å². The number of alkyl halides is 3. The van der Waals surface area contributed by atoms with Crippen LogP contribution in [0.2, 0.25) is 5.02 Å². The van der Waals surface area contributed by atoms with Crippen molar-refractivity contribution in [2.75, 3.05) is 11.9 Å². The first-order valence-electron chi connectivity index (χ1n) is 16.3. The molecule has 0 bridgehead atoms. The van der Waals surface area contributed by atoms with Gasteiger partial charge in [-0.05, 0) is 42.4 Å². The van der Waals surface area contributed by atoms with Crippen molar-refractivity contribution in [3.05, 3.63) is 58.1 Å². The fourth-order valence-corrected chi connectivity index (χ4v) is 8.79. The topological polar surface area (TPSA) is 167 Å². The Balaban J connectivity index is 1.23. The van der Waals surface area contributed by atoms with Gasteiger partial charge in [0, 0.05) is 29.3 Å². The van der Waals surface area contributed by atoms with Crippen molar-refractivity contribution in [2.45, 2.75) is 87.8 Å². The lowest BCUT2D eigenvalue weighted by Gasteiger charge is -2.31. The van der Waals surface area contributed by atoms with Crippen LogP contribution in [0, 0.1) is 11.8 Å². The first-order valence-corrected chi connectivity index (χ1v) is 19.1. The Labute approximate surface area is 301 Å². The average Bonchev–Trinajstić information content (AvgIpc) is 3.85. The minimum atomic E-state index is -4.70. The summed E-state index contributed by atoms with van der Waals surface area (Å²) in [5.74, 6) is -3.52. The van der Waals surface area contributed by atoms with Gasteiger partial charge < -0.3 is 20.3 Å². The normalized spacial score (nSPS) is 24.9. The molecule has 3 heterocycles. The van der Waals surface area contributed by atoms with E-state index in [2.05, 4.69) is 26.9 Å². The molecule has 2 saturated carbocycles. The Kier molecular flexibility index (Phi) is 9.82. The standard InChI is InChI=1S/C32H36ClF3N6O7S2/c1-4-18-11-31(18,28(45)40-51(47,48)20-8-9-20)39-26(43)23-10-19(49-30(46)41-12-17-6-5-7-22(33)21(17)14-41)13-42(23)27(44)25(16(2)3)38-29-37-24(15-50-29)32(34,35)36/h4-7,15-16,18-20,23,25H,1,8-14H2,2-3H3,(H,37,38)(H,39,43)(H,40,45)/t18-,19?,23+,25+,31-/m1/s1. The number of hydrogen-bond donors (Lipinski definition) is 3. The van der Waals surface area contributed by atoms with Crippen LogP contribution in [0.3, 0.4) is 0 Å². The smallest absolute Gasteiger partial charge is 0.434 e. The molecule has 276 valence electrons. The number of sulfonamides is 1. The SMILES string of the molecule is C=C[C@@H]1C[C@]1(NC(=O)[C@@H]1CC(OC(=O)N2Cc3cccc(Cl)c3C2)CN1C(=O)[C@@H](Nc1nc(C(F)(F)F)cs1)C(C)C)C(=O)NS(=O)(=O)C1CC1. The lowest BCUT2D eigenvalue weighted by Crippen LogP contribution is -2.58. The van der Waals surface area contributed by atoms with Crippen LogP contribution in [0.5, 0.6) is 0 Å². The van der Waals surface area contributed by atoms with Crippen LogP contribution in [0.15, 0.2) is 36.2 Å². The number of nitrogens with zero attached hydrogens (tertiary/aromatic N) is 3. The van der Waals surface area contributed by atoms with E-state index in [1.807, 2.05) is 6.07 Å². The summed E-state index contributed by atoms with van der Waals surface area (Å²) in [7, 11) is -3.95. The highest BCUT2D eigenvalue weighted by atomic mass is 35.5. The van der Waals surface area contributed by atoms with Crippen molar-refractivity contribution in [1.29, 1.82) is 0 Å². The van der Waals surface area contributed by atoms with E-state index in [1.165, 1.54) is 11.0 Å². The molecule has 1 aromatic carbocycles. The molecule has 0 radical (unpaired) electrons. The van der Waals surface area contributed by atoms with Crippen molar-refractivity contribution in [2.24, 2.45) is 11.8 Å². The predicted molar refractivity (Wildman–Crippen MR) is 180 cm³/mol. The largest absolute Gasteiger partial charge is 0.444 e. The van der Waals surface area contributed by atoms with Crippen LogP contribution in [0.25, 0.3) is 0 Å². The number of rotatable bonds is 11. The number of anilines is 1. The second-order valence-electron chi connectivity index (χ2n) is 13.6. The average molecular weight is 773 g/mol. The van der Waals surface area contributed by atoms with Crippen LogP contribution in [-0.2, 0) is 48.4 Å². The third-order valence-corrected chi connectivity index (χ3v) is 12.5. The fourth-order valence-electron chi connectivity index (χ4n) is 6.42. The molecule has 1 aromatic heterocycles. The zero-order valence-electron chi connectivity index (χ0n) is 27.5. The maximum atomic E-state index is 14.2. The molecule has 6 rings (SSSR count). The third-order valence-electron chi connectivity index (χ3n) is 9.56. The van der Waals surface area contributed by atoms with Crippen LogP contribution in [0.1, 0.15) is 56.4 Å². The highest BCUT2D eigenvalue weighted by Crippen LogP contribution is 2.45. The van der Waals surface area contributed by atoms with Gasteiger partial charge in [0.25, 0.3) is 5.91 Å². The predicted octanol–water partition coefficient (Wildman–Crippen LogP) is 4.04. The summed E-state index contributed by atoms with van der Waals surface area (Å²) in [6.45, 7) is 7.17. The molecule has 2 aromatic rings. The van der Waals surface area contributed by atoms with Crippen LogP contribution < -0.4 is 15.4 Å². The number of thiazole rings is 1. The molecule has 4 aliphatic rings. The lowest BCUT2D eigenvalue weighted by atomic mass is 10.0. The highest BCUT2D eigenvalue weighted by molar-refractivity contribution is 7.91. The van der Waals surface area contributed by atoms with E-state index in [9.17, 15) is 40.8 Å². The van der Waals surface area contributed by atoms with Gasteiger partial charge in [0.15, 0.2) is 10.8 Å². The number of halogens is 4. The first kappa shape index (κ1) is 36.9. The van der Waals surface area contributed by atoms with E-state index in [0.29, 0.717) is 29.2 Å². The Morgan fingerprint density at radius 2 is 1.92 bits per heavy atom. The van der Waals surface area contributed by atoms with Gasteiger partial charge in [0.05, 0.1) is 18.3 Å². The maximum Gasteiger partial charge on any atom is 0.434 e. The molecular formula is C32H36ClF3N6O7S2. The molecule has 0 spiro atoms. The number of benzene rings is 1. The van der Waals surface area contributed by atoms with Crippen LogP contribution >= 0.6 is 22.9 Å². The number of amides is 4. The van der Waals surface area contributed by atoms with Crippen molar-refractivity contribution in [1.82, 2.24) is 24.8 Å². The monoisotopic (exact) mass is 772 g/mol. The molecule has 2 aliphatic heterocycles. The number of carbonyl (C=O) groups excluding carboxylic acids is 4. The Morgan fingerprint density at radius 1 is 1.20 bits per heavy atom. The summed E-state index contributed by atoms with van der Waals surface area (Å²) >= 11 is 6.97. The maximum absolute atomic E-state index is 14.2. The zero-order chi connectivity index (χ0) is 37.0. The van der Waals surface area contributed by atoms with Gasteiger partial charge in [0.2, 0.25) is 21.8 Å². The summed E-state index contributed by atoms with van der Waals surface area (Å²) in [5, 5.41) is 5.88. The summed E-state index contributed by atoms with van der Waals surface area (Å²) in [4.78, 5) is 61.1.